The van der Waals surface area contributed by atoms with Gasteiger partial charge in [-0.3, -0.25) is 4.79 Å². The third-order valence-corrected chi connectivity index (χ3v) is 4.26. The zero-order chi connectivity index (χ0) is 16.9. The van der Waals surface area contributed by atoms with Crippen LogP contribution < -0.4 is 16.2 Å². The molecule has 126 valence electrons. The second-order valence-corrected chi connectivity index (χ2v) is 6.07. The molecule has 0 aliphatic heterocycles. The second-order valence-electron chi connectivity index (χ2n) is 6.07. The summed E-state index contributed by atoms with van der Waals surface area (Å²) in [6, 6.07) is 11.9. The van der Waals surface area contributed by atoms with Crippen LogP contribution in [-0.2, 0) is 6.54 Å². The zero-order valence-corrected chi connectivity index (χ0v) is 13.3. The number of aliphatic hydroxyl groups excluding tert-OH is 1. The van der Waals surface area contributed by atoms with Gasteiger partial charge in [0.1, 0.15) is 0 Å². The van der Waals surface area contributed by atoms with Gasteiger partial charge < -0.3 is 20.3 Å². The van der Waals surface area contributed by atoms with Crippen LogP contribution in [-0.4, -0.2) is 27.9 Å². The first kappa shape index (κ1) is 16.3. The number of anilines is 1. The van der Waals surface area contributed by atoms with E-state index in [1.54, 1.807) is 29.0 Å². The summed E-state index contributed by atoms with van der Waals surface area (Å²) in [4.78, 5) is 23.7. The predicted octanol–water partition coefficient (Wildman–Crippen LogP) is 1.93. The summed E-state index contributed by atoms with van der Waals surface area (Å²) in [7, 11) is 0. The van der Waals surface area contributed by atoms with Crippen molar-refractivity contribution >= 4 is 11.7 Å². The van der Waals surface area contributed by atoms with Crippen molar-refractivity contribution in [2.24, 2.45) is 0 Å². The minimum atomic E-state index is -0.456. The number of carbonyl (C=O) groups is 1. The van der Waals surface area contributed by atoms with Crippen molar-refractivity contribution in [3.63, 3.8) is 0 Å². The fraction of sp³-hybridized carbons (Fsp3) is 0.333. The maximum Gasteiger partial charge on any atom is 0.319 e. The van der Waals surface area contributed by atoms with E-state index in [0.717, 1.165) is 24.8 Å². The highest BCUT2D eigenvalue weighted by Gasteiger charge is 2.26. The number of amides is 2. The summed E-state index contributed by atoms with van der Waals surface area (Å²) in [5.74, 6) is 0. The Morgan fingerprint density at radius 3 is 2.62 bits per heavy atom. The van der Waals surface area contributed by atoms with E-state index in [0.29, 0.717) is 12.2 Å². The fourth-order valence-corrected chi connectivity index (χ4v) is 2.93. The molecule has 1 aromatic heterocycles. The maximum absolute atomic E-state index is 12.0. The quantitative estimate of drug-likeness (QED) is 0.802. The Morgan fingerprint density at radius 2 is 1.96 bits per heavy atom. The highest BCUT2D eigenvalue weighted by atomic mass is 16.3. The third kappa shape index (κ3) is 4.02. The van der Waals surface area contributed by atoms with Gasteiger partial charge in [-0.25, -0.2) is 4.79 Å². The number of carbonyl (C=O) groups excluding carboxylic acids is 1. The van der Waals surface area contributed by atoms with Crippen molar-refractivity contribution in [2.75, 3.05) is 5.32 Å². The van der Waals surface area contributed by atoms with E-state index in [2.05, 4.69) is 10.6 Å². The largest absolute Gasteiger partial charge is 0.391 e. The number of aliphatic hydroxyl groups is 1. The minimum Gasteiger partial charge on any atom is -0.391 e. The molecule has 1 aliphatic carbocycles. The van der Waals surface area contributed by atoms with Gasteiger partial charge in [0, 0.05) is 18.0 Å². The zero-order valence-electron chi connectivity index (χ0n) is 13.3. The molecule has 1 fully saturated rings. The van der Waals surface area contributed by atoms with Crippen LogP contribution in [0.25, 0.3) is 0 Å². The molecule has 2 amide bonds. The van der Waals surface area contributed by atoms with E-state index < -0.39 is 6.10 Å². The topological polar surface area (TPSA) is 83.4 Å². The number of pyridine rings is 1. The van der Waals surface area contributed by atoms with Gasteiger partial charge in [0.05, 0.1) is 18.7 Å². The summed E-state index contributed by atoms with van der Waals surface area (Å²) >= 11 is 0. The average molecular weight is 327 g/mol. The van der Waals surface area contributed by atoms with Crippen LogP contribution in [0, 0.1) is 0 Å². The molecule has 2 atom stereocenters. The van der Waals surface area contributed by atoms with Crippen molar-refractivity contribution in [1.82, 2.24) is 9.88 Å². The number of nitrogens with zero attached hydrogens (tertiary/aromatic N) is 1. The molecule has 0 unspecified atom stereocenters. The molecule has 1 aliphatic rings. The van der Waals surface area contributed by atoms with Gasteiger partial charge in [-0.2, -0.15) is 0 Å². The lowest BCUT2D eigenvalue weighted by atomic mass is 10.2. The molecular weight excluding hydrogens is 306 g/mol. The molecular formula is C18H21N3O3. The van der Waals surface area contributed by atoms with Crippen LogP contribution in [0.15, 0.2) is 53.5 Å². The lowest BCUT2D eigenvalue weighted by Crippen LogP contribution is -2.42. The Hall–Kier alpha value is -2.60. The Labute approximate surface area is 140 Å². The Morgan fingerprint density at radius 1 is 1.17 bits per heavy atom. The number of rotatable bonds is 4. The Bertz CT molecular complexity index is 755. The molecule has 1 heterocycles. The van der Waals surface area contributed by atoms with Crippen molar-refractivity contribution in [3.05, 3.63) is 64.6 Å². The second kappa shape index (κ2) is 7.31. The Kier molecular flexibility index (Phi) is 4.96. The predicted molar refractivity (Wildman–Crippen MR) is 92.0 cm³/mol. The number of benzene rings is 1. The molecule has 6 nitrogen and oxygen atoms in total. The van der Waals surface area contributed by atoms with Gasteiger partial charge in [0.2, 0.25) is 0 Å². The minimum absolute atomic E-state index is 0.0470. The van der Waals surface area contributed by atoms with E-state index in [-0.39, 0.29) is 17.6 Å². The summed E-state index contributed by atoms with van der Waals surface area (Å²) in [6.07, 6.45) is 3.76. The van der Waals surface area contributed by atoms with E-state index in [9.17, 15) is 14.7 Å². The fourth-order valence-electron chi connectivity index (χ4n) is 2.93. The molecule has 0 spiro atoms. The molecule has 0 radical (unpaired) electrons. The van der Waals surface area contributed by atoms with Gasteiger partial charge in [-0.15, -0.1) is 0 Å². The van der Waals surface area contributed by atoms with Crippen LogP contribution in [0.1, 0.15) is 24.8 Å². The van der Waals surface area contributed by atoms with E-state index in [1.165, 1.54) is 6.07 Å². The SMILES string of the molecule is O=C(Nc1ccc(Cn2ccccc2=O)cc1)N[C@H]1CCC[C@H]1O. The summed E-state index contributed by atoms with van der Waals surface area (Å²) in [5.41, 5.74) is 1.60. The molecule has 0 bridgehead atoms. The maximum atomic E-state index is 12.0. The summed E-state index contributed by atoms with van der Waals surface area (Å²) in [6.45, 7) is 0.487. The molecule has 2 aromatic rings. The number of urea groups is 1. The molecule has 0 saturated heterocycles. The van der Waals surface area contributed by atoms with Crippen LogP contribution >= 0.6 is 0 Å². The third-order valence-electron chi connectivity index (χ3n) is 4.26. The van der Waals surface area contributed by atoms with Crippen molar-refractivity contribution in [1.29, 1.82) is 0 Å². The first-order chi connectivity index (χ1) is 11.6. The van der Waals surface area contributed by atoms with Gasteiger partial charge >= 0.3 is 6.03 Å². The summed E-state index contributed by atoms with van der Waals surface area (Å²) < 4.78 is 1.62. The molecule has 1 aromatic carbocycles. The smallest absolute Gasteiger partial charge is 0.319 e. The van der Waals surface area contributed by atoms with Gasteiger partial charge in [-0.05, 0) is 43.0 Å². The molecule has 24 heavy (non-hydrogen) atoms. The van der Waals surface area contributed by atoms with Gasteiger partial charge in [0.25, 0.3) is 5.56 Å². The Balaban J connectivity index is 1.57. The number of hydrogen-bond acceptors (Lipinski definition) is 3. The van der Waals surface area contributed by atoms with Crippen LogP contribution in [0.4, 0.5) is 10.5 Å². The van der Waals surface area contributed by atoms with Crippen molar-refractivity contribution < 1.29 is 9.90 Å². The number of hydrogen-bond donors (Lipinski definition) is 3. The van der Waals surface area contributed by atoms with E-state index in [4.69, 9.17) is 0 Å². The standard InChI is InChI=1S/C18H21N3O3/c22-16-5-3-4-15(16)20-18(24)19-14-9-7-13(8-10-14)12-21-11-2-1-6-17(21)23/h1-2,6-11,15-16,22H,3-5,12H2,(H2,19,20,24)/t15-,16+/m0/s1. The summed E-state index contributed by atoms with van der Waals surface area (Å²) in [5, 5.41) is 15.3. The normalized spacial score (nSPS) is 19.9. The molecule has 3 rings (SSSR count). The average Bonchev–Trinajstić information content (AvgIpc) is 2.96. The number of aromatic nitrogens is 1. The van der Waals surface area contributed by atoms with E-state index >= 15 is 0 Å². The van der Waals surface area contributed by atoms with Gasteiger partial charge in [0.15, 0.2) is 0 Å². The highest BCUT2D eigenvalue weighted by Crippen LogP contribution is 2.19. The highest BCUT2D eigenvalue weighted by molar-refractivity contribution is 5.89. The molecule has 6 heteroatoms. The van der Waals surface area contributed by atoms with Gasteiger partial charge in [-0.1, -0.05) is 18.2 Å². The van der Waals surface area contributed by atoms with Crippen LogP contribution in [0.5, 0.6) is 0 Å². The lowest BCUT2D eigenvalue weighted by molar-refractivity contribution is 0.151. The lowest BCUT2D eigenvalue weighted by Gasteiger charge is -2.17. The van der Waals surface area contributed by atoms with Crippen molar-refractivity contribution in [3.8, 4) is 0 Å². The van der Waals surface area contributed by atoms with Crippen LogP contribution in [0.3, 0.4) is 0 Å². The van der Waals surface area contributed by atoms with Crippen molar-refractivity contribution in [2.45, 2.75) is 38.0 Å². The first-order valence-corrected chi connectivity index (χ1v) is 8.12. The van der Waals surface area contributed by atoms with E-state index in [1.807, 2.05) is 18.2 Å². The first-order valence-electron chi connectivity index (χ1n) is 8.12. The molecule has 3 N–H and O–H groups in total. The van der Waals surface area contributed by atoms with Crippen LogP contribution in [0.2, 0.25) is 0 Å². The molecule has 1 saturated carbocycles. The number of nitrogens with one attached hydrogen (secondary N) is 2. The monoisotopic (exact) mass is 327 g/mol.